The third-order valence-corrected chi connectivity index (χ3v) is 13.8. The van der Waals surface area contributed by atoms with Crippen LogP contribution in [0.2, 0.25) is 0 Å². The molecule has 81 heavy (non-hydrogen) atoms. The summed E-state index contributed by atoms with van der Waals surface area (Å²) in [5, 5.41) is 0. The molecule has 0 heterocycles. The molecule has 0 fully saturated rings. The molecular formula is C75H122O6. The van der Waals surface area contributed by atoms with E-state index in [1.165, 1.54) is 116 Å². The number of carbonyl (C=O) groups is 3. The molecule has 458 valence electrons. The van der Waals surface area contributed by atoms with Crippen LogP contribution in [0.1, 0.15) is 290 Å². The van der Waals surface area contributed by atoms with Crippen molar-refractivity contribution in [3.63, 3.8) is 0 Å². The highest BCUT2D eigenvalue weighted by Gasteiger charge is 2.19. The Kier molecular flexibility index (Phi) is 63.9. The van der Waals surface area contributed by atoms with E-state index in [2.05, 4.69) is 161 Å². The van der Waals surface area contributed by atoms with Crippen LogP contribution in [0.4, 0.5) is 0 Å². The van der Waals surface area contributed by atoms with Crippen LogP contribution in [0.5, 0.6) is 0 Å². The lowest BCUT2D eigenvalue weighted by Crippen LogP contribution is -2.30. The van der Waals surface area contributed by atoms with Gasteiger partial charge in [-0.2, -0.15) is 0 Å². The second-order valence-corrected chi connectivity index (χ2v) is 21.6. The lowest BCUT2D eigenvalue weighted by atomic mass is 10.0. The Labute approximate surface area is 499 Å². The first-order valence-electron chi connectivity index (χ1n) is 33.3. The molecule has 6 heteroatoms. The molecule has 6 nitrogen and oxygen atoms in total. The molecule has 0 saturated heterocycles. The number of esters is 3. The van der Waals surface area contributed by atoms with Gasteiger partial charge in [-0.15, -0.1) is 0 Å². The van der Waals surface area contributed by atoms with Crippen LogP contribution in [0.25, 0.3) is 0 Å². The number of ether oxygens (including phenoxy) is 3. The van der Waals surface area contributed by atoms with Crippen molar-refractivity contribution in [2.45, 2.75) is 297 Å². The van der Waals surface area contributed by atoms with Crippen molar-refractivity contribution in [3.8, 4) is 0 Å². The molecule has 0 aliphatic carbocycles. The van der Waals surface area contributed by atoms with Crippen LogP contribution in [0.3, 0.4) is 0 Å². The summed E-state index contributed by atoms with van der Waals surface area (Å²) in [6.07, 6.45) is 97.3. The number of allylic oxidation sites excluding steroid dienone is 24. The van der Waals surface area contributed by atoms with Crippen molar-refractivity contribution >= 4 is 17.9 Å². The fourth-order valence-electron chi connectivity index (χ4n) is 8.90. The summed E-state index contributed by atoms with van der Waals surface area (Å²) >= 11 is 0. The van der Waals surface area contributed by atoms with E-state index in [1.807, 2.05) is 6.08 Å². The Hall–Kier alpha value is -4.71. The van der Waals surface area contributed by atoms with Crippen molar-refractivity contribution in [2.24, 2.45) is 0 Å². The third-order valence-electron chi connectivity index (χ3n) is 13.8. The van der Waals surface area contributed by atoms with E-state index in [9.17, 15) is 14.4 Å². The molecule has 1 unspecified atom stereocenters. The minimum Gasteiger partial charge on any atom is -0.462 e. The molecule has 0 bridgehead atoms. The molecule has 0 aliphatic rings. The molecule has 0 aromatic heterocycles. The second kappa shape index (κ2) is 67.8. The van der Waals surface area contributed by atoms with Crippen molar-refractivity contribution in [2.75, 3.05) is 13.2 Å². The maximum atomic E-state index is 12.9. The summed E-state index contributed by atoms with van der Waals surface area (Å²) in [4.78, 5) is 38.3. The van der Waals surface area contributed by atoms with Crippen molar-refractivity contribution in [1.82, 2.24) is 0 Å². The van der Waals surface area contributed by atoms with Crippen LogP contribution < -0.4 is 0 Å². The van der Waals surface area contributed by atoms with E-state index < -0.39 is 12.1 Å². The van der Waals surface area contributed by atoms with E-state index in [-0.39, 0.29) is 31.6 Å². The molecular weight excluding hydrogens is 997 g/mol. The lowest BCUT2D eigenvalue weighted by molar-refractivity contribution is -0.166. The quantitative estimate of drug-likeness (QED) is 0.0261. The Morgan fingerprint density at radius 1 is 0.259 bits per heavy atom. The largest absolute Gasteiger partial charge is 0.462 e. The van der Waals surface area contributed by atoms with Crippen LogP contribution in [0, 0.1) is 0 Å². The predicted octanol–water partition coefficient (Wildman–Crippen LogP) is 23.1. The van der Waals surface area contributed by atoms with E-state index in [0.717, 1.165) is 128 Å². The molecule has 0 aromatic carbocycles. The van der Waals surface area contributed by atoms with E-state index in [1.54, 1.807) is 0 Å². The monoisotopic (exact) mass is 1120 g/mol. The van der Waals surface area contributed by atoms with Crippen molar-refractivity contribution in [1.29, 1.82) is 0 Å². The van der Waals surface area contributed by atoms with Gasteiger partial charge in [-0.3, -0.25) is 14.4 Å². The van der Waals surface area contributed by atoms with Gasteiger partial charge in [0.05, 0.1) is 0 Å². The van der Waals surface area contributed by atoms with Gasteiger partial charge in [-0.25, -0.2) is 0 Å². The molecule has 0 amide bonds. The van der Waals surface area contributed by atoms with Gasteiger partial charge in [0.1, 0.15) is 13.2 Å². The van der Waals surface area contributed by atoms with Gasteiger partial charge in [0.2, 0.25) is 0 Å². The summed E-state index contributed by atoms with van der Waals surface area (Å²) in [7, 11) is 0. The van der Waals surface area contributed by atoms with Gasteiger partial charge < -0.3 is 14.2 Å². The second-order valence-electron chi connectivity index (χ2n) is 21.6. The molecule has 0 spiro atoms. The summed E-state index contributed by atoms with van der Waals surface area (Å²) in [6.45, 7) is 6.33. The van der Waals surface area contributed by atoms with Gasteiger partial charge >= 0.3 is 17.9 Å². The summed E-state index contributed by atoms with van der Waals surface area (Å²) < 4.78 is 16.9. The average molecular weight is 1120 g/mol. The van der Waals surface area contributed by atoms with E-state index in [0.29, 0.717) is 19.3 Å². The van der Waals surface area contributed by atoms with Crippen molar-refractivity contribution in [3.05, 3.63) is 146 Å². The fraction of sp³-hybridized carbons (Fsp3) is 0.640. The Morgan fingerprint density at radius 2 is 0.506 bits per heavy atom. The average Bonchev–Trinajstić information content (AvgIpc) is 3.47. The zero-order chi connectivity index (χ0) is 58.5. The van der Waals surface area contributed by atoms with Gasteiger partial charge in [-0.05, 0) is 128 Å². The first kappa shape index (κ1) is 76.3. The SMILES string of the molecule is CC/C=C\C/C=C\C/C=C\C/C=C\C/C=C\C/C=C\CCC(=O)OC(COC(=O)CCCCCCC/C=C\C/C=C\CCCCC)COC(=O)CCCCCCCCCCCCCCCCCC/C=C\C/C=C\C/C=C\C/C=C\CC. The van der Waals surface area contributed by atoms with Gasteiger partial charge in [0.15, 0.2) is 6.10 Å². The normalized spacial score (nSPS) is 13.1. The van der Waals surface area contributed by atoms with Crippen molar-refractivity contribution < 1.29 is 28.6 Å². The number of unbranched alkanes of at least 4 members (excludes halogenated alkanes) is 24. The molecule has 0 saturated carbocycles. The van der Waals surface area contributed by atoms with E-state index >= 15 is 0 Å². The smallest absolute Gasteiger partial charge is 0.306 e. The number of carbonyl (C=O) groups excluding carboxylic acids is 3. The number of hydrogen-bond donors (Lipinski definition) is 0. The molecule has 0 radical (unpaired) electrons. The molecule has 1 atom stereocenters. The highest BCUT2D eigenvalue weighted by atomic mass is 16.6. The summed E-state index contributed by atoms with van der Waals surface area (Å²) in [6, 6.07) is 0. The van der Waals surface area contributed by atoms with Gasteiger partial charge in [0, 0.05) is 19.3 Å². The number of rotatable bonds is 59. The molecule has 0 N–H and O–H groups in total. The van der Waals surface area contributed by atoms with E-state index in [4.69, 9.17) is 14.2 Å². The fourth-order valence-corrected chi connectivity index (χ4v) is 8.90. The Bertz CT molecular complexity index is 1760. The van der Waals surface area contributed by atoms with Gasteiger partial charge in [0.25, 0.3) is 0 Å². The Balaban J connectivity index is 4.38. The number of hydrogen-bond acceptors (Lipinski definition) is 6. The highest BCUT2D eigenvalue weighted by Crippen LogP contribution is 2.16. The Morgan fingerprint density at radius 3 is 0.802 bits per heavy atom. The zero-order valence-electron chi connectivity index (χ0n) is 52.5. The van der Waals surface area contributed by atoms with Gasteiger partial charge in [-0.1, -0.05) is 289 Å². The lowest BCUT2D eigenvalue weighted by Gasteiger charge is -2.18. The highest BCUT2D eigenvalue weighted by molar-refractivity contribution is 5.71. The van der Waals surface area contributed by atoms with Crippen LogP contribution >= 0.6 is 0 Å². The molecule has 0 aromatic rings. The maximum Gasteiger partial charge on any atom is 0.306 e. The standard InChI is InChI=1S/C75H122O6/c1-4-7-10-13-16-19-22-25-28-30-32-33-34-35-36-37-38-39-40-41-43-44-47-50-53-56-59-62-65-68-74(77)80-71-72(70-79-73(76)67-64-61-58-55-52-49-46-27-24-21-18-15-12-9-6-3)81-75(78)69-66-63-60-57-54-51-48-45-42-31-29-26-23-20-17-14-11-8-5-2/h7-8,10-11,16-21,25-29,32-33,42,45-46,51,54,60,63,72H,4-6,9,12-15,22-24,30-31,34-41,43-44,47-50,52-53,55-59,61-62,64-71H2,1-3H3/b10-7-,11-8-,19-16-,20-17-,21-18-,28-25-,29-26-,33-32-,45-42-,46-27-,54-51-,63-60-. The summed E-state index contributed by atoms with van der Waals surface area (Å²) in [5.74, 6) is -1.01. The zero-order valence-corrected chi connectivity index (χ0v) is 52.5. The minimum atomic E-state index is -0.831. The first-order chi connectivity index (χ1) is 40.0. The maximum absolute atomic E-state index is 12.9. The third kappa shape index (κ3) is 66.0. The molecule has 0 aliphatic heterocycles. The minimum absolute atomic E-state index is 0.116. The first-order valence-corrected chi connectivity index (χ1v) is 33.3. The molecule has 0 rings (SSSR count). The topological polar surface area (TPSA) is 78.9 Å². The van der Waals surface area contributed by atoms with Crippen LogP contribution in [0.15, 0.2) is 146 Å². The van der Waals surface area contributed by atoms with Crippen LogP contribution in [-0.4, -0.2) is 37.2 Å². The predicted molar refractivity (Wildman–Crippen MR) is 352 cm³/mol. The van der Waals surface area contributed by atoms with Crippen LogP contribution in [-0.2, 0) is 28.6 Å². The summed E-state index contributed by atoms with van der Waals surface area (Å²) in [5.41, 5.74) is 0.